The second-order valence-electron chi connectivity index (χ2n) is 5.58. The summed E-state index contributed by atoms with van der Waals surface area (Å²) in [5.41, 5.74) is 1.000. The molecule has 1 saturated carbocycles. The number of hydrogen-bond donors (Lipinski definition) is 2. The van der Waals surface area contributed by atoms with E-state index < -0.39 is 6.10 Å². The molecule has 2 aromatic rings. The van der Waals surface area contributed by atoms with Gasteiger partial charge in [0.15, 0.2) is 0 Å². The number of aliphatic hydroxyl groups excluding tert-OH is 1. The first kappa shape index (κ1) is 12.6. The van der Waals surface area contributed by atoms with Crippen LogP contribution in [0.5, 0.6) is 0 Å². The second-order valence-corrected chi connectivity index (χ2v) is 5.58. The van der Waals surface area contributed by atoms with Crippen molar-refractivity contribution < 1.29 is 5.11 Å². The van der Waals surface area contributed by atoms with Gasteiger partial charge in [-0.05, 0) is 47.7 Å². The van der Waals surface area contributed by atoms with E-state index in [4.69, 9.17) is 0 Å². The first-order valence-corrected chi connectivity index (χ1v) is 7.20. The second kappa shape index (κ2) is 5.72. The lowest BCUT2D eigenvalue weighted by Crippen LogP contribution is -2.30. The van der Waals surface area contributed by atoms with Crippen LogP contribution in [0.25, 0.3) is 10.8 Å². The first-order valence-electron chi connectivity index (χ1n) is 7.20. The Morgan fingerprint density at radius 1 is 1.11 bits per heavy atom. The van der Waals surface area contributed by atoms with Gasteiger partial charge in [0.25, 0.3) is 0 Å². The highest BCUT2D eigenvalue weighted by molar-refractivity contribution is 5.83. The van der Waals surface area contributed by atoms with Gasteiger partial charge >= 0.3 is 0 Å². The summed E-state index contributed by atoms with van der Waals surface area (Å²) in [5.74, 6) is 0.837. The topological polar surface area (TPSA) is 32.3 Å². The Bertz CT molecular complexity index is 548. The summed E-state index contributed by atoms with van der Waals surface area (Å²) in [5, 5.41) is 16.0. The van der Waals surface area contributed by atoms with Crippen molar-refractivity contribution in [3.05, 3.63) is 48.0 Å². The van der Waals surface area contributed by atoms with E-state index in [0.717, 1.165) is 18.0 Å². The minimum absolute atomic E-state index is 0.412. The van der Waals surface area contributed by atoms with Crippen LogP contribution in [0.4, 0.5) is 0 Å². The van der Waals surface area contributed by atoms with Crippen LogP contribution < -0.4 is 5.32 Å². The third kappa shape index (κ3) is 2.96. The molecular weight excluding hydrogens is 234 g/mol. The van der Waals surface area contributed by atoms with Gasteiger partial charge in [-0.1, -0.05) is 42.8 Å². The minimum atomic E-state index is -0.412. The number of hydrogen-bond acceptors (Lipinski definition) is 2. The van der Waals surface area contributed by atoms with Crippen LogP contribution in [0.2, 0.25) is 0 Å². The predicted molar refractivity (Wildman–Crippen MR) is 79.1 cm³/mol. The van der Waals surface area contributed by atoms with Gasteiger partial charge in [0.05, 0.1) is 6.10 Å². The summed E-state index contributed by atoms with van der Waals surface area (Å²) in [6, 6.07) is 14.5. The van der Waals surface area contributed by atoms with Gasteiger partial charge in [-0.2, -0.15) is 0 Å². The first-order chi connectivity index (χ1) is 9.33. The molecule has 19 heavy (non-hydrogen) atoms. The molecule has 1 unspecified atom stereocenters. The van der Waals surface area contributed by atoms with Gasteiger partial charge in [0, 0.05) is 6.54 Å². The molecule has 2 aromatic carbocycles. The van der Waals surface area contributed by atoms with E-state index >= 15 is 0 Å². The highest BCUT2D eigenvalue weighted by Crippen LogP contribution is 2.25. The molecule has 2 heteroatoms. The Hall–Kier alpha value is -1.38. The maximum Gasteiger partial charge on any atom is 0.0914 e. The van der Waals surface area contributed by atoms with Crippen LogP contribution in [-0.2, 0) is 0 Å². The van der Waals surface area contributed by atoms with Gasteiger partial charge in [0.2, 0.25) is 0 Å². The van der Waals surface area contributed by atoms with Crippen molar-refractivity contribution in [2.24, 2.45) is 5.92 Å². The van der Waals surface area contributed by atoms with Crippen molar-refractivity contribution in [2.75, 3.05) is 13.1 Å². The zero-order valence-electron chi connectivity index (χ0n) is 11.2. The van der Waals surface area contributed by atoms with Crippen LogP contribution in [0.15, 0.2) is 42.5 Å². The Labute approximate surface area is 114 Å². The van der Waals surface area contributed by atoms with Gasteiger partial charge in [-0.25, -0.2) is 0 Å². The van der Waals surface area contributed by atoms with Gasteiger partial charge in [-0.3, -0.25) is 0 Å². The van der Waals surface area contributed by atoms with Crippen LogP contribution in [0.1, 0.15) is 30.9 Å². The number of nitrogens with one attached hydrogen (secondary N) is 1. The maximum absolute atomic E-state index is 10.2. The smallest absolute Gasteiger partial charge is 0.0914 e. The molecule has 2 N–H and O–H groups in total. The molecule has 100 valence electrons. The van der Waals surface area contributed by atoms with Crippen LogP contribution >= 0.6 is 0 Å². The summed E-state index contributed by atoms with van der Waals surface area (Å²) in [6.07, 6.45) is 3.65. The fraction of sp³-hybridized carbons (Fsp3) is 0.412. The molecule has 0 radical (unpaired) electrons. The molecule has 3 rings (SSSR count). The largest absolute Gasteiger partial charge is 0.387 e. The van der Waals surface area contributed by atoms with Crippen LogP contribution in [0.3, 0.4) is 0 Å². The van der Waals surface area contributed by atoms with Gasteiger partial charge in [0.1, 0.15) is 0 Å². The molecule has 0 amide bonds. The molecule has 0 saturated heterocycles. The summed E-state index contributed by atoms with van der Waals surface area (Å²) in [7, 11) is 0. The van der Waals surface area contributed by atoms with Crippen molar-refractivity contribution >= 4 is 10.8 Å². The average molecular weight is 255 g/mol. The molecule has 0 bridgehead atoms. The van der Waals surface area contributed by atoms with Gasteiger partial charge in [-0.15, -0.1) is 0 Å². The van der Waals surface area contributed by atoms with Gasteiger partial charge < -0.3 is 10.4 Å². The Morgan fingerprint density at radius 3 is 2.63 bits per heavy atom. The SMILES string of the molecule is OC(CNCC1CCC1)c1ccc2ccccc2c1. The van der Waals surface area contributed by atoms with E-state index in [1.165, 1.54) is 30.0 Å². The molecule has 0 spiro atoms. The summed E-state index contributed by atoms with van der Waals surface area (Å²) in [6.45, 7) is 1.69. The van der Waals surface area contributed by atoms with Crippen molar-refractivity contribution in [3.8, 4) is 0 Å². The third-order valence-electron chi connectivity index (χ3n) is 4.15. The summed E-state index contributed by atoms with van der Waals surface area (Å²) < 4.78 is 0. The summed E-state index contributed by atoms with van der Waals surface area (Å²) in [4.78, 5) is 0. The zero-order valence-corrected chi connectivity index (χ0v) is 11.2. The number of benzene rings is 2. The van der Waals surface area contributed by atoms with E-state index in [0.29, 0.717) is 6.54 Å². The number of fused-ring (bicyclic) bond motifs is 1. The molecule has 0 heterocycles. The van der Waals surface area contributed by atoms with Crippen LogP contribution in [-0.4, -0.2) is 18.2 Å². The highest BCUT2D eigenvalue weighted by atomic mass is 16.3. The normalized spacial score (nSPS) is 17.3. The van der Waals surface area contributed by atoms with E-state index in [-0.39, 0.29) is 0 Å². The standard InChI is InChI=1S/C17H21NO/c19-17(12-18-11-13-4-3-5-13)16-9-8-14-6-1-2-7-15(14)10-16/h1-2,6-10,13,17-19H,3-5,11-12H2. The Kier molecular flexibility index (Phi) is 3.81. The van der Waals surface area contributed by atoms with Crippen molar-refractivity contribution in [1.29, 1.82) is 0 Å². The van der Waals surface area contributed by atoms with Crippen molar-refractivity contribution in [1.82, 2.24) is 5.32 Å². The lowest BCUT2D eigenvalue weighted by Gasteiger charge is -2.26. The van der Waals surface area contributed by atoms with E-state index in [1.807, 2.05) is 18.2 Å². The Balaban J connectivity index is 1.61. The lowest BCUT2D eigenvalue weighted by atomic mass is 9.85. The van der Waals surface area contributed by atoms with E-state index in [2.05, 4.69) is 29.6 Å². The van der Waals surface area contributed by atoms with Crippen molar-refractivity contribution in [2.45, 2.75) is 25.4 Å². The molecule has 0 aliphatic heterocycles. The molecule has 1 aliphatic rings. The fourth-order valence-electron chi connectivity index (χ4n) is 2.65. The third-order valence-corrected chi connectivity index (χ3v) is 4.15. The fourth-order valence-corrected chi connectivity index (χ4v) is 2.65. The molecular formula is C17H21NO. The molecule has 1 atom stereocenters. The average Bonchev–Trinajstić information content (AvgIpc) is 2.40. The monoisotopic (exact) mass is 255 g/mol. The van der Waals surface area contributed by atoms with Crippen LogP contribution in [0, 0.1) is 5.92 Å². The van der Waals surface area contributed by atoms with E-state index in [1.54, 1.807) is 0 Å². The quantitative estimate of drug-likeness (QED) is 0.859. The minimum Gasteiger partial charge on any atom is -0.387 e. The number of rotatable bonds is 5. The lowest BCUT2D eigenvalue weighted by molar-refractivity contribution is 0.168. The maximum atomic E-state index is 10.2. The van der Waals surface area contributed by atoms with E-state index in [9.17, 15) is 5.11 Å². The van der Waals surface area contributed by atoms with Crippen molar-refractivity contribution in [3.63, 3.8) is 0 Å². The zero-order chi connectivity index (χ0) is 13.1. The molecule has 1 fully saturated rings. The Morgan fingerprint density at radius 2 is 1.89 bits per heavy atom. The number of aliphatic hydroxyl groups is 1. The molecule has 2 nitrogen and oxygen atoms in total. The predicted octanol–water partition coefficient (Wildman–Crippen LogP) is 3.26. The highest BCUT2D eigenvalue weighted by Gasteiger charge is 2.17. The molecule has 0 aromatic heterocycles. The summed E-state index contributed by atoms with van der Waals surface area (Å²) >= 11 is 0. The molecule has 1 aliphatic carbocycles.